The lowest BCUT2D eigenvalue weighted by atomic mass is 10.1. The number of benzene rings is 2. The highest BCUT2D eigenvalue weighted by Crippen LogP contribution is 2.38. The van der Waals surface area contributed by atoms with Crippen LogP contribution in [0.2, 0.25) is 5.02 Å². The molecule has 2 N–H and O–H groups in total. The van der Waals surface area contributed by atoms with Crippen molar-refractivity contribution >= 4 is 46.7 Å². The van der Waals surface area contributed by atoms with Crippen molar-refractivity contribution in [2.24, 2.45) is 0 Å². The van der Waals surface area contributed by atoms with Crippen LogP contribution in [0.15, 0.2) is 71.8 Å². The number of carbonyl (C=O) groups excluding carboxylic acids is 2. The minimum Gasteiger partial charge on any atom is -0.324 e. The largest absolute Gasteiger partial charge is 0.324 e. The Kier molecular flexibility index (Phi) is 5.32. The second-order valence-corrected chi connectivity index (χ2v) is 7.97. The predicted octanol–water partition coefficient (Wildman–Crippen LogP) is 4.84. The summed E-state index contributed by atoms with van der Waals surface area (Å²) in [6.07, 6.45) is 1.77. The maximum Gasteiger partial charge on any atom is 0.238 e. The van der Waals surface area contributed by atoms with Gasteiger partial charge in [0.25, 0.3) is 0 Å². The van der Waals surface area contributed by atoms with Crippen molar-refractivity contribution in [1.82, 2.24) is 4.98 Å². The van der Waals surface area contributed by atoms with Crippen molar-refractivity contribution in [3.63, 3.8) is 0 Å². The van der Waals surface area contributed by atoms with Gasteiger partial charge in [-0.15, -0.1) is 11.8 Å². The van der Waals surface area contributed by atoms with Crippen LogP contribution >= 0.6 is 23.4 Å². The van der Waals surface area contributed by atoms with Gasteiger partial charge in [0.15, 0.2) is 0 Å². The van der Waals surface area contributed by atoms with Crippen molar-refractivity contribution in [1.29, 1.82) is 0 Å². The fourth-order valence-corrected chi connectivity index (χ4v) is 4.15. The fourth-order valence-electron chi connectivity index (χ4n) is 2.89. The van der Waals surface area contributed by atoms with E-state index in [9.17, 15) is 9.59 Å². The van der Waals surface area contributed by atoms with Crippen LogP contribution in [0.25, 0.3) is 11.1 Å². The summed E-state index contributed by atoms with van der Waals surface area (Å²) in [7, 11) is 0. The SMILES string of the molecule is O=C(CC1Sc2ccc(Cl)cc2NC1=O)Nc1ccc(-c2ccccc2)cn1. The molecule has 3 aromatic rings. The number of pyridine rings is 1. The Morgan fingerprint density at radius 2 is 1.93 bits per heavy atom. The molecule has 1 aliphatic rings. The molecule has 1 aliphatic heterocycles. The summed E-state index contributed by atoms with van der Waals surface area (Å²) >= 11 is 7.31. The molecule has 0 fully saturated rings. The summed E-state index contributed by atoms with van der Waals surface area (Å²) in [6, 6.07) is 18.9. The third-order valence-electron chi connectivity index (χ3n) is 4.27. The van der Waals surface area contributed by atoms with E-state index >= 15 is 0 Å². The van der Waals surface area contributed by atoms with Gasteiger partial charge in [0, 0.05) is 28.1 Å². The van der Waals surface area contributed by atoms with Crippen LogP contribution in [0.1, 0.15) is 6.42 Å². The topological polar surface area (TPSA) is 71.1 Å². The molecule has 4 rings (SSSR count). The third-order valence-corrected chi connectivity index (χ3v) is 5.78. The Morgan fingerprint density at radius 1 is 1.11 bits per heavy atom. The van der Waals surface area contributed by atoms with E-state index in [0.29, 0.717) is 16.5 Å². The van der Waals surface area contributed by atoms with E-state index in [4.69, 9.17) is 11.6 Å². The minimum atomic E-state index is -0.503. The Bertz CT molecular complexity index is 1030. The summed E-state index contributed by atoms with van der Waals surface area (Å²) in [5.41, 5.74) is 2.70. The number of hydrogen-bond donors (Lipinski definition) is 2. The molecule has 0 bridgehead atoms. The number of amides is 2. The third kappa shape index (κ3) is 4.18. The Labute approximate surface area is 171 Å². The van der Waals surface area contributed by atoms with Crippen LogP contribution in [-0.4, -0.2) is 22.0 Å². The van der Waals surface area contributed by atoms with Crippen LogP contribution in [0, 0.1) is 0 Å². The molecule has 5 nitrogen and oxygen atoms in total. The molecule has 1 atom stereocenters. The molecule has 0 saturated heterocycles. The molecular formula is C21H16ClN3O2S. The van der Waals surface area contributed by atoms with Crippen LogP contribution in [0.4, 0.5) is 11.5 Å². The molecule has 1 unspecified atom stereocenters. The van der Waals surface area contributed by atoms with Gasteiger partial charge in [-0.2, -0.15) is 0 Å². The molecule has 0 saturated carbocycles. The van der Waals surface area contributed by atoms with E-state index < -0.39 is 5.25 Å². The summed E-state index contributed by atoms with van der Waals surface area (Å²) in [5.74, 6) is -0.00888. The molecule has 7 heteroatoms. The zero-order chi connectivity index (χ0) is 19.5. The van der Waals surface area contributed by atoms with Gasteiger partial charge < -0.3 is 10.6 Å². The number of aromatic nitrogens is 1. The molecule has 2 amide bonds. The predicted molar refractivity (Wildman–Crippen MR) is 113 cm³/mol. The van der Waals surface area contributed by atoms with E-state index in [0.717, 1.165) is 16.0 Å². The number of nitrogens with one attached hydrogen (secondary N) is 2. The number of halogens is 1. The van der Waals surface area contributed by atoms with E-state index in [1.807, 2.05) is 42.5 Å². The van der Waals surface area contributed by atoms with Gasteiger partial charge in [0.05, 0.1) is 10.9 Å². The van der Waals surface area contributed by atoms with Crippen LogP contribution in [-0.2, 0) is 9.59 Å². The first-order chi connectivity index (χ1) is 13.6. The zero-order valence-corrected chi connectivity index (χ0v) is 16.3. The number of hydrogen-bond acceptors (Lipinski definition) is 4. The highest BCUT2D eigenvalue weighted by atomic mass is 35.5. The van der Waals surface area contributed by atoms with Crippen LogP contribution in [0.5, 0.6) is 0 Å². The highest BCUT2D eigenvalue weighted by Gasteiger charge is 2.29. The lowest BCUT2D eigenvalue weighted by molar-refractivity contribution is -0.120. The van der Waals surface area contributed by atoms with Crippen molar-refractivity contribution in [2.45, 2.75) is 16.6 Å². The molecule has 28 heavy (non-hydrogen) atoms. The lowest BCUT2D eigenvalue weighted by Gasteiger charge is -2.23. The van der Waals surface area contributed by atoms with Crippen molar-refractivity contribution < 1.29 is 9.59 Å². The zero-order valence-electron chi connectivity index (χ0n) is 14.7. The number of rotatable bonds is 4. The summed E-state index contributed by atoms with van der Waals surface area (Å²) in [4.78, 5) is 29.9. The molecular weight excluding hydrogens is 394 g/mol. The van der Waals surface area contributed by atoms with E-state index in [-0.39, 0.29) is 18.2 Å². The van der Waals surface area contributed by atoms with Gasteiger partial charge in [-0.05, 0) is 35.9 Å². The Morgan fingerprint density at radius 3 is 2.68 bits per heavy atom. The maximum atomic E-state index is 12.4. The Balaban J connectivity index is 1.39. The normalized spacial score (nSPS) is 15.5. The van der Waals surface area contributed by atoms with E-state index in [1.165, 1.54) is 11.8 Å². The van der Waals surface area contributed by atoms with Gasteiger partial charge in [-0.25, -0.2) is 4.98 Å². The number of thioether (sulfide) groups is 1. The average molecular weight is 410 g/mol. The number of anilines is 2. The molecule has 2 heterocycles. The molecule has 2 aromatic carbocycles. The van der Waals surface area contributed by atoms with Crippen LogP contribution < -0.4 is 10.6 Å². The van der Waals surface area contributed by atoms with Crippen molar-refractivity contribution in [3.8, 4) is 11.1 Å². The maximum absolute atomic E-state index is 12.4. The Hall–Kier alpha value is -2.83. The van der Waals surface area contributed by atoms with Gasteiger partial charge in [0.2, 0.25) is 11.8 Å². The van der Waals surface area contributed by atoms with Crippen molar-refractivity contribution in [3.05, 3.63) is 71.9 Å². The van der Waals surface area contributed by atoms with Gasteiger partial charge >= 0.3 is 0 Å². The standard InChI is InChI=1S/C21H16ClN3O2S/c22-15-7-8-17-16(10-15)24-21(27)18(28-17)11-20(26)25-19-9-6-14(12-23-19)13-4-2-1-3-5-13/h1-10,12,18H,11H2,(H,24,27)(H,23,25,26). The summed E-state index contributed by atoms with van der Waals surface area (Å²) in [5, 5.41) is 5.62. The molecule has 1 aromatic heterocycles. The first-order valence-corrected chi connectivity index (χ1v) is 9.93. The fraction of sp³-hybridized carbons (Fsp3) is 0.0952. The first kappa shape index (κ1) is 18.5. The van der Waals surface area contributed by atoms with Gasteiger partial charge in [0.1, 0.15) is 5.82 Å². The molecule has 0 radical (unpaired) electrons. The monoisotopic (exact) mass is 409 g/mol. The minimum absolute atomic E-state index is 0.0562. The van der Waals surface area contributed by atoms with Gasteiger partial charge in [-0.3, -0.25) is 9.59 Å². The van der Waals surface area contributed by atoms with E-state index in [1.54, 1.807) is 24.4 Å². The molecule has 140 valence electrons. The number of fused-ring (bicyclic) bond motifs is 1. The van der Waals surface area contributed by atoms with Crippen molar-refractivity contribution in [2.75, 3.05) is 10.6 Å². The molecule has 0 aliphatic carbocycles. The smallest absolute Gasteiger partial charge is 0.238 e. The molecule has 0 spiro atoms. The van der Waals surface area contributed by atoms with Crippen LogP contribution in [0.3, 0.4) is 0 Å². The highest BCUT2D eigenvalue weighted by molar-refractivity contribution is 8.01. The summed E-state index contributed by atoms with van der Waals surface area (Å²) in [6.45, 7) is 0. The first-order valence-electron chi connectivity index (χ1n) is 8.67. The second-order valence-electron chi connectivity index (χ2n) is 6.29. The van der Waals surface area contributed by atoms with E-state index in [2.05, 4.69) is 15.6 Å². The average Bonchev–Trinajstić information content (AvgIpc) is 2.70. The van der Waals surface area contributed by atoms with Gasteiger partial charge in [-0.1, -0.05) is 41.9 Å². The number of nitrogens with zero attached hydrogens (tertiary/aromatic N) is 1. The second kappa shape index (κ2) is 8.04. The summed E-state index contributed by atoms with van der Waals surface area (Å²) < 4.78 is 0. The quantitative estimate of drug-likeness (QED) is 0.646. The lowest BCUT2D eigenvalue weighted by Crippen LogP contribution is -2.32. The number of carbonyl (C=O) groups is 2.